The molecule has 0 atom stereocenters. The fraction of sp³-hybridized carbons (Fsp3) is 0.350. The van der Waals surface area contributed by atoms with E-state index in [1.165, 1.54) is 19.3 Å². The third kappa shape index (κ3) is 3.60. The molecule has 0 spiro atoms. The van der Waals surface area contributed by atoms with Crippen LogP contribution in [0, 0.1) is 13.8 Å². The van der Waals surface area contributed by atoms with Gasteiger partial charge in [-0.1, -0.05) is 0 Å². The molecule has 6 nitrogen and oxygen atoms in total. The van der Waals surface area contributed by atoms with E-state index >= 15 is 0 Å². The van der Waals surface area contributed by atoms with Gasteiger partial charge in [0.15, 0.2) is 5.13 Å². The van der Waals surface area contributed by atoms with Crippen LogP contribution in [-0.4, -0.2) is 33.5 Å². The van der Waals surface area contributed by atoms with Crippen LogP contribution in [0.5, 0.6) is 0 Å². The van der Waals surface area contributed by atoms with Crippen molar-refractivity contribution in [2.45, 2.75) is 33.1 Å². The number of carbonyl (C=O) groups excluding carboxylic acids is 1. The first-order valence-corrected chi connectivity index (χ1v) is 10.1. The minimum atomic E-state index is -0.149. The molecule has 27 heavy (non-hydrogen) atoms. The van der Waals surface area contributed by atoms with Crippen molar-refractivity contribution < 1.29 is 4.79 Å². The SMILES string of the molecule is Cc1cc(C(=O)Nc2ccc(N3CCCCC3)cn2)c(C)n1-c1nccs1. The molecule has 7 heteroatoms. The van der Waals surface area contributed by atoms with E-state index in [9.17, 15) is 4.79 Å². The quantitative estimate of drug-likeness (QED) is 0.736. The lowest BCUT2D eigenvalue weighted by molar-refractivity contribution is 0.102. The first-order chi connectivity index (χ1) is 13.1. The molecule has 4 rings (SSSR count). The van der Waals surface area contributed by atoms with Crippen molar-refractivity contribution in [1.82, 2.24) is 14.5 Å². The standard InChI is InChI=1S/C20H23N5OS/c1-14-12-17(15(2)25(14)20-21-8-11-27-20)19(26)23-18-7-6-16(13-22-18)24-9-4-3-5-10-24/h6-8,11-13H,3-5,9-10H2,1-2H3,(H,22,23,26). The molecule has 140 valence electrons. The molecule has 1 fully saturated rings. The summed E-state index contributed by atoms with van der Waals surface area (Å²) in [4.78, 5) is 23.9. The fourth-order valence-corrected chi connectivity index (χ4v) is 4.35. The zero-order valence-electron chi connectivity index (χ0n) is 15.6. The number of aryl methyl sites for hydroxylation is 1. The predicted molar refractivity (Wildman–Crippen MR) is 109 cm³/mol. The maximum atomic E-state index is 12.8. The Hall–Kier alpha value is -2.67. The summed E-state index contributed by atoms with van der Waals surface area (Å²) >= 11 is 1.55. The Morgan fingerprint density at radius 1 is 1.15 bits per heavy atom. The summed E-state index contributed by atoms with van der Waals surface area (Å²) in [5.41, 5.74) is 3.63. The number of anilines is 2. The number of thiazole rings is 1. The van der Waals surface area contributed by atoms with Gasteiger partial charge >= 0.3 is 0 Å². The second kappa shape index (κ2) is 7.52. The highest BCUT2D eigenvalue weighted by molar-refractivity contribution is 7.12. The number of nitrogens with one attached hydrogen (secondary N) is 1. The molecule has 3 aromatic heterocycles. The Balaban J connectivity index is 1.50. The molecular weight excluding hydrogens is 358 g/mol. The summed E-state index contributed by atoms with van der Waals surface area (Å²) in [6, 6.07) is 5.81. The van der Waals surface area contributed by atoms with Crippen molar-refractivity contribution in [2.75, 3.05) is 23.3 Å². The van der Waals surface area contributed by atoms with Gasteiger partial charge in [-0.05, 0) is 51.3 Å². The summed E-state index contributed by atoms with van der Waals surface area (Å²) < 4.78 is 2.01. The maximum absolute atomic E-state index is 12.8. The summed E-state index contributed by atoms with van der Waals surface area (Å²) in [6.07, 6.45) is 7.38. The average Bonchev–Trinajstić information content (AvgIpc) is 3.31. The molecule has 3 aromatic rings. The van der Waals surface area contributed by atoms with Crippen molar-refractivity contribution in [2.24, 2.45) is 0 Å². The molecule has 1 N–H and O–H groups in total. The number of pyridine rings is 1. The molecule has 0 radical (unpaired) electrons. The van der Waals surface area contributed by atoms with E-state index < -0.39 is 0 Å². The molecular formula is C20H23N5OS. The lowest BCUT2D eigenvalue weighted by Gasteiger charge is -2.28. The van der Waals surface area contributed by atoms with Gasteiger partial charge < -0.3 is 10.2 Å². The van der Waals surface area contributed by atoms with Crippen LogP contribution in [-0.2, 0) is 0 Å². The number of hydrogen-bond acceptors (Lipinski definition) is 5. The third-order valence-corrected chi connectivity index (χ3v) is 5.75. The summed E-state index contributed by atoms with van der Waals surface area (Å²) in [7, 11) is 0. The number of nitrogens with zero attached hydrogens (tertiary/aromatic N) is 4. The lowest BCUT2D eigenvalue weighted by atomic mass is 10.1. The van der Waals surface area contributed by atoms with Gasteiger partial charge in [0.1, 0.15) is 5.82 Å². The molecule has 0 saturated carbocycles. The highest BCUT2D eigenvalue weighted by Crippen LogP contribution is 2.24. The van der Waals surface area contributed by atoms with Crippen molar-refractivity contribution in [1.29, 1.82) is 0 Å². The van der Waals surface area contributed by atoms with Crippen LogP contribution in [0.2, 0.25) is 0 Å². The number of hydrogen-bond donors (Lipinski definition) is 1. The van der Waals surface area contributed by atoms with Gasteiger partial charge in [-0.15, -0.1) is 11.3 Å². The van der Waals surface area contributed by atoms with Crippen LogP contribution in [0.25, 0.3) is 5.13 Å². The minimum absolute atomic E-state index is 0.149. The van der Waals surface area contributed by atoms with E-state index in [0.29, 0.717) is 11.4 Å². The zero-order valence-corrected chi connectivity index (χ0v) is 16.4. The number of amides is 1. The fourth-order valence-electron chi connectivity index (χ4n) is 3.60. The molecule has 1 aliphatic heterocycles. The molecule has 1 amide bonds. The highest BCUT2D eigenvalue weighted by atomic mass is 32.1. The molecule has 0 unspecified atom stereocenters. The van der Waals surface area contributed by atoms with Crippen LogP contribution in [0.3, 0.4) is 0 Å². The Kier molecular flexibility index (Phi) is 4.94. The number of piperidine rings is 1. The Morgan fingerprint density at radius 2 is 1.96 bits per heavy atom. The molecule has 0 bridgehead atoms. The van der Waals surface area contributed by atoms with Crippen LogP contribution < -0.4 is 10.2 Å². The van der Waals surface area contributed by atoms with Crippen LogP contribution in [0.4, 0.5) is 11.5 Å². The van der Waals surface area contributed by atoms with Crippen LogP contribution in [0.1, 0.15) is 41.0 Å². The van der Waals surface area contributed by atoms with Crippen LogP contribution >= 0.6 is 11.3 Å². The van der Waals surface area contributed by atoms with Gasteiger partial charge in [-0.2, -0.15) is 0 Å². The summed E-state index contributed by atoms with van der Waals surface area (Å²) in [6.45, 7) is 6.08. The topological polar surface area (TPSA) is 63.1 Å². The van der Waals surface area contributed by atoms with Gasteiger partial charge in [-0.3, -0.25) is 9.36 Å². The van der Waals surface area contributed by atoms with E-state index in [0.717, 1.165) is 35.3 Å². The number of rotatable bonds is 4. The maximum Gasteiger partial charge on any atom is 0.258 e. The molecule has 4 heterocycles. The van der Waals surface area contributed by atoms with E-state index in [1.54, 1.807) is 17.5 Å². The van der Waals surface area contributed by atoms with Gasteiger partial charge in [0.25, 0.3) is 5.91 Å². The summed E-state index contributed by atoms with van der Waals surface area (Å²) in [5, 5.41) is 5.72. The van der Waals surface area contributed by atoms with E-state index in [1.807, 2.05) is 48.2 Å². The Labute approximate surface area is 162 Å². The monoisotopic (exact) mass is 381 g/mol. The molecule has 1 aliphatic rings. The van der Waals surface area contributed by atoms with Gasteiger partial charge in [0, 0.05) is 36.1 Å². The second-order valence-electron chi connectivity index (χ2n) is 6.84. The number of aromatic nitrogens is 3. The van der Waals surface area contributed by atoms with Gasteiger partial charge in [0.2, 0.25) is 0 Å². The van der Waals surface area contributed by atoms with Crippen LogP contribution in [0.15, 0.2) is 36.0 Å². The van der Waals surface area contributed by atoms with Crippen molar-refractivity contribution in [3.63, 3.8) is 0 Å². The zero-order chi connectivity index (χ0) is 18.8. The first kappa shape index (κ1) is 17.7. The smallest absolute Gasteiger partial charge is 0.258 e. The first-order valence-electron chi connectivity index (χ1n) is 9.24. The molecule has 0 aliphatic carbocycles. The lowest BCUT2D eigenvalue weighted by Crippen LogP contribution is -2.29. The largest absolute Gasteiger partial charge is 0.370 e. The van der Waals surface area contributed by atoms with E-state index in [2.05, 4.69) is 20.2 Å². The van der Waals surface area contributed by atoms with Crippen molar-refractivity contribution >= 4 is 28.7 Å². The minimum Gasteiger partial charge on any atom is -0.370 e. The number of carbonyl (C=O) groups is 1. The predicted octanol–water partition coefficient (Wildman–Crippen LogP) is 4.19. The molecule has 1 saturated heterocycles. The van der Waals surface area contributed by atoms with Crippen molar-refractivity contribution in [3.05, 3.63) is 52.9 Å². The second-order valence-corrected chi connectivity index (χ2v) is 7.71. The van der Waals surface area contributed by atoms with E-state index in [4.69, 9.17) is 0 Å². The third-order valence-electron chi connectivity index (χ3n) is 5.00. The summed E-state index contributed by atoms with van der Waals surface area (Å²) in [5.74, 6) is 0.420. The Morgan fingerprint density at radius 3 is 2.63 bits per heavy atom. The van der Waals surface area contributed by atoms with Crippen molar-refractivity contribution in [3.8, 4) is 5.13 Å². The average molecular weight is 382 g/mol. The van der Waals surface area contributed by atoms with Gasteiger partial charge in [0.05, 0.1) is 17.4 Å². The normalized spacial score (nSPS) is 14.4. The molecule has 0 aromatic carbocycles. The Bertz CT molecular complexity index is 924. The van der Waals surface area contributed by atoms with E-state index in [-0.39, 0.29) is 5.91 Å². The van der Waals surface area contributed by atoms with Gasteiger partial charge in [-0.25, -0.2) is 9.97 Å². The highest BCUT2D eigenvalue weighted by Gasteiger charge is 2.18.